The largest absolute Gasteiger partial charge is 0.457 e. The lowest BCUT2D eigenvalue weighted by Gasteiger charge is -2.06. The number of carbonyl (C=O) groups excluding carboxylic acids is 1. The van der Waals surface area contributed by atoms with Crippen molar-refractivity contribution in [2.45, 2.75) is 6.92 Å². The maximum Gasteiger partial charge on any atom is 0.256 e. The number of carbonyl (C=O) groups is 1. The van der Waals surface area contributed by atoms with E-state index in [1.807, 2.05) is 37.3 Å². The third-order valence-electron chi connectivity index (χ3n) is 3.04. The number of hydrogen-bond donors (Lipinski definition) is 2. The Morgan fingerprint density at radius 3 is 2.36 bits per heavy atom. The van der Waals surface area contributed by atoms with Gasteiger partial charge in [-0.05, 0) is 43.3 Å². The molecule has 3 rings (SSSR count). The van der Waals surface area contributed by atoms with Crippen LogP contribution in [-0.4, -0.2) is 16.1 Å². The highest BCUT2D eigenvalue weighted by atomic mass is 16.5. The zero-order valence-corrected chi connectivity index (χ0v) is 12.0. The van der Waals surface area contributed by atoms with E-state index in [-0.39, 0.29) is 5.91 Å². The van der Waals surface area contributed by atoms with Gasteiger partial charge >= 0.3 is 0 Å². The number of aromatic nitrogens is 2. The first-order valence-corrected chi connectivity index (χ1v) is 6.87. The summed E-state index contributed by atoms with van der Waals surface area (Å²) in [6.07, 6.45) is 0. The fraction of sp³-hybridized carbons (Fsp3) is 0.0588. The fourth-order valence-electron chi connectivity index (χ4n) is 1.97. The van der Waals surface area contributed by atoms with Crippen LogP contribution in [0.15, 0.2) is 60.7 Å². The van der Waals surface area contributed by atoms with Crippen LogP contribution in [0.25, 0.3) is 0 Å². The maximum absolute atomic E-state index is 12.1. The minimum absolute atomic E-state index is 0.210. The highest BCUT2D eigenvalue weighted by Gasteiger charge is 2.08. The second kappa shape index (κ2) is 6.13. The van der Waals surface area contributed by atoms with Crippen molar-refractivity contribution in [1.29, 1.82) is 0 Å². The number of para-hydroxylation sites is 1. The molecule has 0 unspecified atom stereocenters. The van der Waals surface area contributed by atoms with E-state index in [2.05, 4.69) is 15.5 Å². The average Bonchev–Trinajstić information content (AvgIpc) is 2.94. The molecule has 5 nitrogen and oxygen atoms in total. The minimum atomic E-state index is -0.210. The molecule has 2 N–H and O–H groups in total. The lowest BCUT2D eigenvalue weighted by Crippen LogP contribution is -2.11. The summed E-state index contributed by atoms with van der Waals surface area (Å²) in [6.45, 7) is 1.87. The number of aromatic amines is 1. The predicted molar refractivity (Wildman–Crippen MR) is 84.2 cm³/mol. The second-order valence-corrected chi connectivity index (χ2v) is 4.83. The molecule has 0 bridgehead atoms. The number of ether oxygens (including phenoxy) is 1. The molecule has 0 atom stereocenters. The lowest BCUT2D eigenvalue weighted by atomic mass is 10.2. The Hall–Kier alpha value is -3.08. The highest BCUT2D eigenvalue weighted by molar-refractivity contribution is 6.03. The van der Waals surface area contributed by atoms with Crippen LogP contribution in [0, 0.1) is 6.92 Å². The Bertz CT molecular complexity index is 764. The number of anilines is 1. The third-order valence-corrected chi connectivity index (χ3v) is 3.04. The van der Waals surface area contributed by atoms with Gasteiger partial charge in [0.2, 0.25) is 0 Å². The molecule has 1 heterocycles. The van der Waals surface area contributed by atoms with Crippen LogP contribution in [0.4, 0.5) is 5.82 Å². The lowest BCUT2D eigenvalue weighted by molar-refractivity contribution is 0.102. The number of H-pyrrole nitrogens is 1. The van der Waals surface area contributed by atoms with Gasteiger partial charge < -0.3 is 10.1 Å². The van der Waals surface area contributed by atoms with Gasteiger partial charge in [-0.25, -0.2) is 0 Å². The first-order valence-electron chi connectivity index (χ1n) is 6.87. The van der Waals surface area contributed by atoms with Crippen molar-refractivity contribution in [1.82, 2.24) is 10.2 Å². The summed E-state index contributed by atoms with van der Waals surface area (Å²) in [7, 11) is 0. The Balaban J connectivity index is 1.67. The molecule has 0 aliphatic carbocycles. The molecule has 3 aromatic rings. The molecule has 5 heteroatoms. The normalized spacial score (nSPS) is 10.2. The standard InChI is InChI=1S/C17H15N3O2/c1-12-11-16(20-19-12)18-17(21)13-7-9-15(10-8-13)22-14-5-3-2-4-6-14/h2-11H,1H3,(H2,18,19,20,21). The van der Waals surface area contributed by atoms with Crippen molar-refractivity contribution in [3.05, 3.63) is 71.9 Å². The van der Waals surface area contributed by atoms with Crippen LogP contribution < -0.4 is 10.1 Å². The molecular weight excluding hydrogens is 278 g/mol. The summed E-state index contributed by atoms with van der Waals surface area (Å²) in [5.74, 6) is 1.73. The quantitative estimate of drug-likeness (QED) is 0.769. The zero-order chi connectivity index (χ0) is 15.4. The van der Waals surface area contributed by atoms with Gasteiger partial charge in [0.25, 0.3) is 5.91 Å². The van der Waals surface area contributed by atoms with Crippen molar-refractivity contribution in [2.24, 2.45) is 0 Å². The number of amides is 1. The topological polar surface area (TPSA) is 67.0 Å². The number of rotatable bonds is 4. The molecule has 22 heavy (non-hydrogen) atoms. The molecule has 0 aliphatic rings. The SMILES string of the molecule is Cc1cc(NC(=O)c2ccc(Oc3ccccc3)cc2)n[nH]1. The van der Waals surface area contributed by atoms with E-state index in [4.69, 9.17) is 4.74 Å². The maximum atomic E-state index is 12.1. The molecule has 1 amide bonds. The van der Waals surface area contributed by atoms with E-state index < -0.39 is 0 Å². The van der Waals surface area contributed by atoms with Crippen molar-refractivity contribution in [2.75, 3.05) is 5.32 Å². The van der Waals surface area contributed by atoms with Crippen LogP contribution in [0.5, 0.6) is 11.5 Å². The summed E-state index contributed by atoms with van der Waals surface area (Å²) in [6, 6.07) is 18.2. The Labute approximate surface area is 127 Å². The Kier molecular flexibility index (Phi) is 3.87. The molecule has 2 aromatic carbocycles. The number of benzene rings is 2. The van der Waals surface area contributed by atoms with Gasteiger partial charge in [-0.3, -0.25) is 9.89 Å². The van der Waals surface area contributed by atoms with E-state index >= 15 is 0 Å². The van der Waals surface area contributed by atoms with Gasteiger partial charge in [-0.15, -0.1) is 0 Å². The minimum Gasteiger partial charge on any atom is -0.457 e. The Morgan fingerprint density at radius 1 is 1.05 bits per heavy atom. The Morgan fingerprint density at radius 2 is 1.73 bits per heavy atom. The smallest absolute Gasteiger partial charge is 0.256 e. The van der Waals surface area contributed by atoms with Gasteiger partial charge in [0.15, 0.2) is 5.82 Å². The van der Waals surface area contributed by atoms with Crippen molar-refractivity contribution in [3.63, 3.8) is 0 Å². The summed E-state index contributed by atoms with van der Waals surface area (Å²) in [5.41, 5.74) is 1.43. The van der Waals surface area contributed by atoms with E-state index in [9.17, 15) is 4.79 Å². The number of nitrogens with zero attached hydrogens (tertiary/aromatic N) is 1. The zero-order valence-electron chi connectivity index (χ0n) is 12.0. The second-order valence-electron chi connectivity index (χ2n) is 4.83. The van der Waals surface area contributed by atoms with Crippen LogP contribution in [0.2, 0.25) is 0 Å². The van der Waals surface area contributed by atoms with E-state index in [1.54, 1.807) is 30.3 Å². The van der Waals surface area contributed by atoms with Crippen molar-refractivity contribution >= 4 is 11.7 Å². The predicted octanol–water partition coefficient (Wildman–Crippen LogP) is 3.76. The van der Waals surface area contributed by atoms with Gasteiger partial charge in [-0.2, -0.15) is 5.10 Å². The number of aryl methyl sites for hydroxylation is 1. The van der Waals surface area contributed by atoms with E-state index in [1.165, 1.54) is 0 Å². The molecule has 0 spiro atoms. The van der Waals surface area contributed by atoms with E-state index in [0.717, 1.165) is 11.4 Å². The molecule has 0 saturated heterocycles. The first kappa shape index (κ1) is 13.9. The molecule has 0 saturated carbocycles. The molecule has 110 valence electrons. The molecule has 0 aliphatic heterocycles. The molecule has 1 aromatic heterocycles. The summed E-state index contributed by atoms with van der Waals surface area (Å²) < 4.78 is 5.69. The van der Waals surface area contributed by atoms with Crippen molar-refractivity contribution < 1.29 is 9.53 Å². The summed E-state index contributed by atoms with van der Waals surface area (Å²) >= 11 is 0. The van der Waals surface area contributed by atoms with Crippen LogP contribution in [0.1, 0.15) is 16.1 Å². The highest BCUT2D eigenvalue weighted by Crippen LogP contribution is 2.21. The third kappa shape index (κ3) is 3.32. The fourth-order valence-corrected chi connectivity index (χ4v) is 1.97. The van der Waals surface area contributed by atoms with Crippen LogP contribution in [0.3, 0.4) is 0 Å². The summed E-state index contributed by atoms with van der Waals surface area (Å²) in [5, 5.41) is 9.48. The van der Waals surface area contributed by atoms with Crippen LogP contribution in [-0.2, 0) is 0 Å². The molecule has 0 fully saturated rings. The van der Waals surface area contributed by atoms with Gasteiger partial charge in [0.05, 0.1) is 0 Å². The number of nitrogens with one attached hydrogen (secondary N) is 2. The first-order chi connectivity index (χ1) is 10.7. The monoisotopic (exact) mass is 293 g/mol. The van der Waals surface area contributed by atoms with Gasteiger partial charge in [-0.1, -0.05) is 18.2 Å². The van der Waals surface area contributed by atoms with E-state index in [0.29, 0.717) is 17.1 Å². The van der Waals surface area contributed by atoms with Gasteiger partial charge in [0, 0.05) is 17.3 Å². The van der Waals surface area contributed by atoms with Crippen molar-refractivity contribution in [3.8, 4) is 11.5 Å². The van der Waals surface area contributed by atoms with Crippen LogP contribution >= 0.6 is 0 Å². The van der Waals surface area contributed by atoms with Gasteiger partial charge in [0.1, 0.15) is 11.5 Å². The average molecular weight is 293 g/mol. The molecule has 0 radical (unpaired) electrons. The molecular formula is C17H15N3O2. The summed E-state index contributed by atoms with van der Waals surface area (Å²) in [4.78, 5) is 12.1. The number of hydrogen-bond acceptors (Lipinski definition) is 3.